The van der Waals surface area contributed by atoms with Crippen molar-refractivity contribution in [2.75, 3.05) is 19.6 Å². The van der Waals surface area contributed by atoms with Crippen LogP contribution in [0.25, 0.3) is 0 Å². The summed E-state index contributed by atoms with van der Waals surface area (Å²) in [5, 5.41) is 16.7. The van der Waals surface area contributed by atoms with Gasteiger partial charge in [0.2, 0.25) is 5.91 Å². The van der Waals surface area contributed by atoms with Crippen molar-refractivity contribution in [1.82, 2.24) is 30.8 Å². The summed E-state index contributed by atoms with van der Waals surface area (Å²) in [6.07, 6.45) is 3.68. The second kappa shape index (κ2) is 7.33. The van der Waals surface area contributed by atoms with Crippen LogP contribution >= 0.6 is 0 Å². The third-order valence-corrected chi connectivity index (χ3v) is 3.82. The Labute approximate surface area is 119 Å². The molecule has 1 amide bonds. The summed E-state index contributed by atoms with van der Waals surface area (Å²) in [4.78, 5) is 14.5. The zero-order chi connectivity index (χ0) is 14.4. The molecule has 2 rings (SSSR count). The predicted octanol–water partition coefficient (Wildman–Crippen LogP) is 0.369. The molecule has 0 unspecified atom stereocenters. The fourth-order valence-electron chi connectivity index (χ4n) is 2.58. The van der Waals surface area contributed by atoms with Gasteiger partial charge in [-0.2, -0.15) is 5.21 Å². The number of aromatic nitrogens is 4. The molecule has 0 saturated carbocycles. The lowest BCUT2D eigenvalue weighted by Gasteiger charge is -2.34. The van der Waals surface area contributed by atoms with Gasteiger partial charge in [0.05, 0.1) is 5.92 Å². The van der Waals surface area contributed by atoms with Crippen LogP contribution in [0.4, 0.5) is 0 Å². The van der Waals surface area contributed by atoms with E-state index in [-0.39, 0.29) is 11.8 Å². The van der Waals surface area contributed by atoms with Crippen LogP contribution < -0.4 is 5.32 Å². The monoisotopic (exact) mass is 280 g/mol. The average molecular weight is 280 g/mol. The standard InChI is InChI=1S/C13H24N6O/c1-10(2)19-8-4-5-11(9-19)13(20)14-7-3-6-12-15-17-18-16-12/h10-11H,3-9H2,1-2H3,(H,14,20)(H,15,16,17,18)/t11-/m1/s1. The summed E-state index contributed by atoms with van der Waals surface area (Å²) in [7, 11) is 0. The van der Waals surface area contributed by atoms with Crippen LogP contribution in [0, 0.1) is 5.92 Å². The Morgan fingerprint density at radius 2 is 2.40 bits per heavy atom. The van der Waals surface area contributed by atoms with E-state index in [0.29, 0.717) is 18.4 Å². The van der Waals surface area contributed by atoms with E-state index in [2.05, 4.69) is 44.7 Å². The van der Waals surface area contributed by atoms with Crippen molar-refractivity contribution in [3.8, 4) is 0 Å². The average Bonchev–Trinajstić information content (AvgIpc) is 2.96. The lowest BCUT2D eigenvalue weighted by atomic mass is 9.96. The molecule has 0 aromatic carbocycles. The molecule has 20 heavy (non-hydrogen) atoms. The minimum atomic E-state index is 0.135. The van der Waals surface area contributed by atoms with Gasteiger partial charge in [-0.15, -0.1) is 10.2 Å². The molecule has 2 N–H and O–H groups in total. The Balaban J connectivity index is 1.66. The van der Waals surface area contributed by atoms with Gasteiger partial charge < -0.3 is 10.2 Å². The number of amides is 1. The molecule has 1 saturated heterocycles. The molecule has 0 bridgehead atoms. The van der Waals surface area contributed by atoms with Crippen molar-refractivity contribution >= 4 is 5.91 Å². The smallest absolute Gasteiger partial charge is 0.224 e. The van der Waals surface area contributed by atoms with Gasteiger partial charge in [-0.3, -0.25) is 4.79 Å². The Morgan fingerprint density at radius 1 is 1.55 bits per heavy atom. The third kappa shape index (κ3) is 4.26. The number of likely N-dealkylation sites (tertiary alicyclic amines) is 1. The summed E-state index contributed by atoms with van der Waals surface area (Å²) in [6.45, 7) is 7.04. The van der Waals surface area contributed by atoms with Crippen molar-refractivity contribution in [1.29, 1.82) is 0 Å². The van der Waals surface area contributed by atoms with E-state index in [1.54, 1.807) is 0 Å². The van der Waals surface area contributed by atoms with Crippen molar-refractivity contribution in [3.05, 3.63) is 5.82 Å². The van der Waals surface area contributed by atoms with E-state index in [4.69, 9.17) is 0 Å². The van der Waals surface area contributed by atoms with Crippen molar-refractivity contribution in [2.45, 2.75) is 45.6 Å². The molecule has 0 spiro atoms. The number of aromatic amines is 1. The van der Waals surface area contributed by atoms with Crippen LogP contribution in [0.15, 0.2) is 0 Å². The van der Waals surface area contributed by atoms with Crippen LogP contribution in [-0.2, 0) is 11.2 Å². The van der Waals surface area contributed by atoms with Crippen molar-refractivity contribution in [2.24, 2.45) is 5.92 Å². The number of carbonyl (C=O) groups is 1. The van der Waals surface area contributed by atoms with Gasteiger partial charge in [-0.25, -0.2) is 0 Å². The van der Waals surface area contributed by atoms with E-state index >= 15 is 0 Å². The number of hydrogen-bond acceptors (Lipinski definition) is 5. The fourth-order valence-corrected chi connectivity index (χ4v) is 2.58. The van der Waals surface area contributed by atoms with Gasteiger partial charge in [-0.1, -0.05) is 5.21 Å². The molecule has 7 heteroatoms. The van der Waals surface area contributed by atoms with Crippen molar-refractivity contribution < 1.29 is 4.79 Å². The molecule has 1 aromatic rings. The lowest BCUT2D eigenvalue weighted by molar-refractivity contribution is -0.126. The maximum Gasteiger partial charge on any atom is 0.224 e. The van der Waals surface area contributed by atoms with E-state index in [9.17, 15) is 4.79 Å². The predicted molar refractivity (Wildman–Crippen MR) is 74.9 cm³/mol. The summed E-state index contributed by atoms with van der Waals surface area (Å²) >= 11 is 0. The van der Waals surface area contributed by atoms with Crippen LogP contribution in [-0.4, -0.2) is 57.1 Å². The number of nitrogens with zero attached hydrogens (tertiary/aromatic N) is 4. The van der Waals surface area contributed by atoms with Crippen LogP contribution in [0.1, 0.15) is 38.9 Å². The second-order valence-electron chi connectivity index (χ2n) is 5.65. The van der Waals surface area contributed by atoms with Gasteiger partial charge in [0.15, 0.2) is 5.82 Å². The number of piperidine rings is 1. The molecule has 1 fully saturated rings. The normalized spacial score (nSPS) is 20.2. The van der Waals surface area contributed by atoms with E-state index in [0.717, 1.165) is 38.8 Å². The quantitative estimate of drug-likeness (QED) is 0.735. The molecule has 1 aliphatic rings. The number of hydrogen-bond donors (Lipinski definition) is 2. The summed E-state index contributed by atoms with van der Waals surface area (Å²) in [5.74, 6) is 1.02. The molecule has 0 aliphatic carbocycles. The van der Waals surface area contributed by atoms with Crippen LogP contribution in [0.5, 0.6) is 0 Å². The van der Waals surface area contributed by atoms with Gasteiger partial charge in [0, 0.05) is 25.6 Å². The Morgan fingerprint density at radius 3 is 3.10 bits per heavy atom. The zero-order valence-corrected chi connectivity index (χ0v) is 12.3. The second-order valence-corrected chi connectivity index (χ2v) is 5.65. The van der Waals surface area contributed by atoms with E-state index in [1.807, 2.05) is 0 Å². The first kappa shape index (κ1) is 14.9. The maximum absolute atomic E-state index is 12.1. The lowest BCUT2D eigenvalue weighted by Crippen LogP contribution is -2.45. The molecule has 0 radical (unpaired) electrons. The van der Waals surface area contributed by atoms with E-state index in [1.165, 1.54) is 0 Å². The zero-order valence-electron chi connectivity index (χ0n) is 12.3. The highest BCUT2D eigenvalue weighted by Gasteiger charge is 2.26. The largest absolute Gasteiger partial charge is 0.356 e. The molecule has 112 valence electrons. The number of aryl methyl sites for hydroxylation is 1. The first-order valence-corrected chi connectivity index (χ1v) is 7.41. The Kier molecular flexibility index (Phi) is 5.46. The van der Waals surface area contributed by atoms with Crippen LogP contribution in [0.2, 0.25) is 0 Å². The number of carbonyl (C=O) groups excluding carboxylic acids is 1. The molecular formula is C13H24N6O. The van der Waals surface area contributed by atoms with Gasteiger partial charge in [0.1, 0.15) is 0 Å². The number of H-pyrrole nitrogens is 1. The summed E-state index contributed by atoms with van der Waals surface area (Å²) in [6, 6.07) is 0.517. The highest BCUT2D eigenvalue weighted by molar-refractivity contribution is 5.78. The molecule has 1 atom stereocenters. The third-order valence-electron chi connectivity index (χ3n) is 3.82. The Bertz CT molecular complexity index is 405. The summed E-state index contributed by atoms with van der Waals surface area (Å²) in [5.41, 5.74) is 0. The molecule has 2 heterocycles. The minimum absolute atomic E-state index is 0.135. The number of tetrazole rings is 1. The summed E-state index contributed by atoms with van der Waals surface area (Å²) < 4.78 is 0. The maximum atomic E-state index is 12.1. The van der Waals surface area contributed by atoms with Crippen molar-refractivity contribution in [3.63, 3.8) is 0 Å². The fraction of sp³-hybridized carbons (Fsp3) is 0.846. The van der Waals surface area contributed by atoms with E-state index < -0.39 is 0 Å². The Hall–Kier alpha value is -1.50. The number of nitrogens with one attached hydrogen (secondary N) is 2. The SMILES string of the molecule is CC(C)N1CCC[C@@H](C(=O)NCCCc2nn[nH]n2)C1. The molecular weight excluding hydrogens is 256 g/mol. The highest BCUT2D eigenvalue weighted by atomic mass is 16.1. The van der Waals surface area contributed by atoms with Crippen LogP contribution in [0.3, 0.4) is 0 Å². The molecule has 7 nitrogen and oxygen atoms in total. The molecule has 1 aromatic heterocycles. The number of rotatable bonds is 6. The van der Waals surface area contributed by atoms with Gasteiger partial charge >= 0.3 is 0 Å². The van der Waals surface area contributed by atoms with Gasteiger partial charge in [0.25, 0.3) is 0 Å². The molecule has 1 aliphatic heterocycles. The first-order valence-electron chi connectivity index (χ1n) is 7.41. The minimum Gasteiger partial charge on any atom is -0.356 e. The highest BCUT2D eigenvalue weighted by Crippen LogP contribution is 2.18. The topological polar surface area (TPSA) is 86.8 Å². The first-order chi connectivity index (χ1) is 9.66. The van der Waals surface area contributed by atoms with Gasteiger partial charge in [-0.05, 0) is 39.7 Å².